The van der Waals surface area contributed by atoms with Gasteiger partial charge in [0.05, 0.1) is 0 Å². The Morgan fingerprint density at radius 1 is 1.29 bits per heavy atom. The van der Waals surface area contributed by atoms with Crippen molar-refractivity contribution in [1.82, 2.24) is 4.90 Å². The predicted molar refractivity (Wildman–Crippen MR) is 70.0 cm³/mol. The molecule has 2 nitrogen and oxygen atoms in total. The third-order valence-electron chi connectivity index (χ3n) is 3.27. The van der Waals surface area contributed by atoms with Gasteiger partial charge in [-0.2, -0.15) is 0 Å². The van der Waals surface area contributed by atoms with Crippen molar-refractivity contribution >= 4 is 17.5 Å². The van der Waals surface area contributed by atoms with Crippen molar-refractivity contribution in [2.75, 3.05) is 7.05 Å². The molecule has 1 aliphatic heterocycles. The summed E-state index contributed by atoms with van der Waals surface area (Å²) in [5, 5.41) is 0. The van der Waals surface area contributed by atoms with Gasteiger partial charge >= 0.3 is 0 Å². The van der Waals surface area contributed by atoms with E-state index < -0.39 is 4.87 Å². The fourth-order valence-corrected chi connectivity index (χ4v) is 2.99. The Labute approximate surface area is 107 Å². The Morgan fingerprint density at radius 2 is 1.88 bits per heavy atom. The molecule has 90 valence electrons. The Hall–Kier alpha value is -1.28. The number of carbonyl (C=O) groups excluding carboxylic acids is 1. The van der Waals surface area contributed by atoms with Gasteiger partial charge in [0.25, 0.3) is 0 Å². The number of rotatable bonds is 1. The zero-order valence-electron chi connectivity index (χ0n) is 10.3. The first kappa shape index (κ1) is 12.2. The van der Waals surface area contributed by atoms with Gasteiger partial charge in [0.15, 0.2) is 0 Å². The molecule has 2 rings (SSSR count). The van der Waals surface area contributed by atoms with Crippen LogP contribution in [0.3, 0.4) is 0 Å². The zero-order valence-corrected chi connectivity index (χ0v) is 11.0. The smallest absolute Gasteiger partial charge is 0.248 e. The Balaban J connectivity index is 2.52. The van der Waals surface area contributed by atoms with Crippen LogP contribution in [0.15, 0.2) is 42.1 Å². The molecule has 0 aromatic heterocycles. The molecule has 0 unspecified atom stereocenters. The second-order valence-corrected chi connectivity index (χ2v) is 5.49. The minimum Gasteiger partial charge on any atom is -0.321 e. The minimum absolute atomic E-state index is 0.0568. The summed E-state index contributed by atoms with van der Waals surface area (Å²) in [7, 11) is 1.74. The molecule has 0 aliphatic carbocycles. The number of halogens is 1. The van der Waals surface area contributed by atoms with Crippen LogP contribution in [0.2, 0.25) is 0 Å². The molecule has 3 heteroatoms. The van der Waals surface area contributed by atoms with Gasteiger partial charge in [-0.15, -0.1) is 11.6 Å². The van der Waals surface area contributed by atoms with E-state index in [4.69, 9.17) is 11.6 Å². The van der Waals surface area contributed by atoms with E-state index in [1.54, 1.807) is 18.9 Å². The maximum absolute atomic E-state index is 12.1. The molecule has 1 aromatic carbocycles. The molecule has 0 radical (unpaired) electrons. The highest BCUT2D eigenvalue weighted by Gasteiger charge is 2.45. The number of hydrogen-bond acceptors (Lipinski definition) is 1. The summed E-state index contributed by atoms with van der Waals surface area (Å²) in [5.74, 6) is -0.118. The number of allylic oxidation sites excluding steroid dienone is 1. The van der Waals surface area contributed by atoms with Crippen LogP contribution in [0, 0.1) is 0 Å². The first-order valence-corrected chi connectivity index (χ1v) is 6.02. The van der Waals surface area contributed by atoms with Crippen molar-refractivity contribution in [2.45, 2.75) is 24.6 Å². The number of carbonyl (C=O) groups is 1. The number of nitrogens with zero attached hydrogens (tertiary/aromatic N) is 1. The SMILES string of the molecule is CC1=CN(C)C(=O)[C@@](C)(Cl)[C@H]1c1ccccc1. The van der Waals surface area contributed by atoms with Gasteiger partial charge in [-0.1, -0.05) is 30.3 Å². The van der Waals surface area contributed by atoms with E-state index >= 15 is 0 Å². The van der Waals surface area contributed by atoms with Crippen molar-refractivity contribution < 1.29 is 4.79 Å². The van der Waals surface area contributed by atoms with Crippen molar-refractivity contribution in [3.8, 4) is 0 Å². The van der Waals surface area contributed by atoms with E-state index in [9.17, 15) is 4.79 Å². The molecule has 0 bridgehead atoms. The van der Waals surface area contributed by atoms with E-state index in [-0.39, 0.29) is 11.8 Å². The van der Waals surface area contributed by atoms with Crippen molar-refractivity contribution in [1.29, 1.82) is 0 Å². The van der Waals surface area contributed by atoms with Crippen LogP contribution in [0.5, 0.6) is 0 Å². The van der Waals surface area contributed by atoms with Crippen molar-refractivity contribution in [3.63, 3.8) is 0 Å². The number of amides is 1. The summed E-state index contributed by atoms with van der Waals surface area (Å²) >= 11 is 6.48. The zero-order chi connectivity index (χ0) is 12.6. The lowest BCUT2D eigenvalue weighted by molar-refractivity contribution is -0.131. The van der Waals surface area contributed by atoms with E-state index in [0.717, 1.165) is 11.1 Å². The van der Waals surface area contributed by atoms with Crippen LogP contribution in [-0.4, -0.2) is 22.7 Å². The summed E-state index contributed by atoms with van der Waals surface area (Å²) in [6.45, 7) is 3.81. The number of alkyl halides is 1. The lowest BCUT2D eigenvalue weighted by Crippen LogP contribution is -2.47. The quantitative estimate of drug-likeness (QED) is 0.701. The van der Waals surface area contributed by atoms with Crippen LogP contribution in [0.4, 0.5) is 0 Å². The summed E-state index contributed by atoms with van der Waals surface area (Å²) in [6.07, 6.45) is 1.87. The fourth-order valence-electron chi connectivity index (χ4n) is 2.56. The highest BCUT2D eigenvalue weighted by Crippen LogP contribution is 2.43. The molecule has 0 saturated heterocycles. The van der Waals surface area contributed by atoms with Gasteiger partial charge in [-0.05, 0) is 25.0 Å². The predicted octanol–water partition coefficient (Wildman–Crippen LogP) is 3.14. The van der Waals surface area contributed by atoms with E-state index in [0.29, 0.717) is 0 Å². The first-order chi connectivity index (χ1) is 7.94. The molecular formula is C14H16ClNO. The monoisotopic (exact) mass is 249 g/mol. The Bertz CT molecular complexity index is 464. The lowest BCUT2D eigenvalue weighted by atomic mass is 9.79. The largest absolute Gasteiger partial charge is 0.321 e. The molecular weight excluding hydrogens is 234 g/mol. The average Bonchev–Trinajstić information content (AvgIpc) is 2.27. The van der Waals surface area contributed by atoms with Gasteiger partial charge in [0.2, 0.25) is 5.91 Å². The molecule has 0 N–H and O–H groups in total. The van der Waals surface area contributed by atoms with Crippen LogP contribution in [0.25, 0.3) is 0 Å². The topological polar surface area (TPSA) is 20.3 Å². The van der Waals surface area contributed by atoms with E-state index in [2.05, 4.69) is 0 Å². The average molecular weight is 250 g/mol. The second kappa shape index (κ2) is 4.19. The van der Waals surface area contributed by atoms with Gasteiger partial charge in [-0.3, -0.25) is 4.79 Å². The molecule has 1 heterocycles. The Kier molecular flexibility index (Phi) is 3.00. The Morgan fingerprint density at radius 3 is 2.47 bits per heavy atom. The fraction of sp³-hybridized carbons (Fsp3) is 0.357. The molecule has 0 fully saturated rings. The maximum Gasteiger partial charge on any atom is 0.248 e. The van der Waals surface area contributed by atoms with Crippen LogP contribution in [-0.2, 0) is 4.79 Å². The number of hydrogen-bond donors (Lipinski definition) is 0. The van der Waals surface area contributed by atoms with Gasteiger partial charge in [0.1, 0.15) is 4.87 Å². The molecule has 1 aromatic rings. The lowest BCUT2D eigenvalue weighted by Gasteiger charge is -2.38. The molecule has 0 saturated carbocycles. The summed E-state index contributed by atoms with van der Waals surface area (Å²) in [5.41, 5.74) is 2.19. The maximum atomic E-state index is 12.1. The normalized spacial score (nSPS) is 29.2. The summed E-state index contributed by atoms with van der Waals surface area (Å²) in [4.78, 5) is 12.8. The third kappa shape index (κ3) is 1.98. The van der Waals surface area contributed by atoms with Crippen molar-refractivity contribution in [3.05, 3.63) is 47.7 Å². The second-order valence-electron chi connectivity index (χ2n) is 4.71. The van der Waals surface area contributed by atoms with Gasteiger partial charge in [-0.25, -0.2) is 0 Å². The highest BCUT2D eigenvalue weighted by atomic mass is 35.5. The van der Waals surface area contributed by atoms with Crippen LogP contribution in [0.1, 0.15) is 25.3 Å². The van der Waals surface area contributed by atoms with Crippen LogP contribution < -0.4 is 0 Å². The number of benzene rings is 1. The molecule has 1 amide bonds. The van der Waals surface area contributed by atoms with Crippen molar-refractivity contribution in [2.24, 2.45) is 0 Å². The van der Waals surface area contributed by atoms with E-state index in [1.165, 1.54) is 0 Å². The standard InChI is InChI=1S/C14H16ClNO/c1-10-9-16(3)13(17)14(2,15)12(10)11-7-5-4-6-8-11/h4-9,12H,1-3H3/t12-,14+/m1/s1. The first-order valence-electron chi connectivity index (χ1n) is 5.64. The highest BCUT2D eigenvalue weighted by molar-refractivity contribution is 6.35. The molecule has 0 spiro atoms. The molecule has 2 atom stereocenters. The van der Waals surface area contributed by atoms with E-state index in [1.807, 2.05) is 43.5 Å². The molecule has 1 aliphatic rings. The van der Waals surface area contributed by atoms with Gasteiger partial charge in [0, 0.05) is 19.2 Å². The van der Waals surface area contributed by atoms with Gasteiger partial charge < -0.3 is 4.90 Å². The van der Waals surface area contributed by atoms with Crippen LogP contribution >= 0.6 is 11.6 Å². The minimum atomic E-state index is -0.908. The summed E-state index contributed by atoms with van der Waals surface area (Å²) in [6, 6.07) is 9.93. The third-order valence-corrected chi connectivity index (χ3v) is 3.65. The summed E-state index contributed by atoms with van der Waals surface area (Å²) < 4.78 is 0. The molecule has 17 heavy (non-hydrogen) atoms.